The molecule has 1 aromatic heterocycles. The lowest BCUT2D eigenvalue weighted by atomic mass is 9.86. The second kappa shape index (κ2) is 12.3. The quantitative estimate of drug-likeness (QED) is 0.185. The zero-order valence-corrected chi connectivity index (χ0v) is 23.6. The first-order valence-electron chi connectivity index (χ1n) is 12.5. The Bertz CT molecular complexity index is 1410. The summed E-state index contributed by atoms with van der Waals surface area (Å²) in [7, 11) is 1.32. The summed E-state index contributed by atoms with van der Waals surface area (Å²) in [6, 6.07) is 10.1. The van der Waals surface area contributed by atoms with Crippen molar-refractivity contribution in [3.8, 4) is 22.8 Å². The Morgan fingerprint density at radius 2 is 1.78 bits per heavy atom. The Morgan fingerprint density at radius 1 is 1.10 bits per heavy atom. The van der Waals surface area contributed by atoms with Gasteiger partial charge in [0.1, 0.15) is 12.4 Å². The van der Waals surface area contributed by atoms with Gasteiger partial charge in [-0.15, -0.1) is 0 Å². The molecule has 0 aliphatic carbocycles. The molecule has 12 heteroatoms. The van der Waals surface area contributed by atoms with Gasteiger partial charge in [0.15, 0.2) is 17.3 Å². The number of halogens is 5. The molecule has 1 heterocycles. The fourth-order valence-electron chi connectivity index (χ4n) is 3.94. The summed E-state index contributed by atoms with van der Waals surface area (Å²) >= 11 is 5.88. The van der Waals surface area contributed by atoms with E-state index in [0.29, 0.717) is 0 Å². The largest absolute Gasteiger partial charge is 0.493 e. The molecule has 222 valence electrons. The molecule has 7 nitrogen and oxygen atoms in total. The van der Waals surface area contributed by atoms with Gasteiger partial charge in [-0.3, -0.25) is 4.79 Å². The number of aromatic nitrogens is 1. The molecular formula is C29H31ClF4N2O5. The number of nitrogens with two attached hydrogens (primary N) is 1. The van der Waals surface area contributed by atoms with E-state index in [1.807, 2.05) is 0 Å². The predicted molar refractivity (Wildman–Crippen MR) is 146 cm³/mol. The number of alkyl halides is 3. The number of nitrogens with zero attached hydrogens (tertiary/aromatic N) is 1. The highest BCUT2D eigenvalue weighted by molar-refractivity contribution is 6.31. The molecule has 2 atom stereocenters. The smallest absolute Gasteiger partial charge is 0.422 e. The molecule has 2 aromatic carbocycles. The Kier molecular flexibility index (Phi) is 9.69. The van der Waals surface area contributed by atoms with E-state index in [4.69, 9.17) is 26.8 Å². The van der Waals surface area contributed by atoms with Gasteiger partial charge in [0.25, 0.3) is 0 Å². The number of rotatable bonds is 11. The van der Waals surface area contributed by atoms with Crippen LogP contribution in [0.5, 0.6) is 11.5 Å². The van der Waals surface area contributed by atoms with Crippen LogP contribution in [-0.4, -0.2) is 47.0 Å². The Labute approximate surface area is 239 Å². The van der Waals surface area contributed by atoms with Gasteiger partial charge in [0, 0.05) is 23.1 Å². The van der Waals surface area contributed by atoms with Crippen molar-refractivity contribution in [1.29, 1.82) is 0 Å². The van der Waals surface area contributed by atoms with Crippen LogP contribution in [0.15, 0.2) is 48.5 Å². The third kappa shape index (κ3) is 7.53. The maximum absolute atomic E-state index is 14.5. The topological polar surface area (TPSA) is 115 Å². The van der Waals surface area contributed by atoms with E-state index in [9.17, 15) is 32.6 Å². The number of aliphatic hydroxyl groups is 2. The minimum Gasteiger partial charge on any atom is -0.493 e. The van der Waals surface area contributed by atoms with Crippen LogP contribution in [0.1, 0.15) is 55.2 Å². The highest BCUT2D eigenvalue weighted by atomic mass is 35.5. The summed E-state index contributed by atoms with van der Waals surface area (Å²) in [6.07, 6.45) is -7.75. The summed E-state index contributed by atoms with van der Waals surface area (Å²) in [4.78, 5) is 17.0. The molecule has 0 saturated heterocycles. The standard InChI is InChI=1S/C29H31ClF4N2O5/c1-16(37)15-41-24-8-6-18(12-25(24)40-4)23(38)9-10-28(39,29(32,33)34)26-14-19(27(2,3)35)13-22(36-26)17-5-7-21(31)20(30)11-17/h5-8,11-14,16,37,39H,9-10,15,35H2,1-4H3/t16-,28?/m1/s1. The van der Waals surface area contributed by atoms with E-state index in [2.05, 4.69) is 4.98 Å². The fraction of sp³-hybridized carbons (Fsp3) is 0.379. The summed E-state index contributed by atoms with van der Waals surface area (Å²) in [5.74, 6) is -1.05. The van der Waals surface area contributed by atoms with E-state index in [1.165, 1.54) is 50.4 Å². The van der Waals surface area contributed by atoms with Crippen LogP contribution >= 0.6 is 11.6 Å². The zero-order chi connectivity index (χ0) is 30.8. The number of hydrogen-bond acceptors (Lipinski definition) is 7. The van der Waals surface area contributed by atoms with Gasteiger partial charge in [-0.05, 0) is 81.3 Å². The third-order valence-corrected chi connectivity index (χ3v) is 6.65. The van der Waals surface area contributed by atoms with Crippen LogP contribution in [0.4, 0.5) is 17.6 Å². The maximum atomic E-state index is 14.5. The van der Waals surface area contributed by atoms with Crippen molar-refractivity contribution >= 4 is 17.4 Å². The third-order valence-electron chi connectivity index (χ3n) is 6.36. The minimum absolute atomic E-state index is 0.0237. The number of ketones is 1. The number of Topliss-reactive ketones (excluding diaryl/α,β-unsaturated/α-hetero) is 1. The number of pyridine rings is 1. The molecule has 0 aliphatic rings. The number of aliphatic hydroxyl groups excluding tert-OH is 1. The summed E-state index contributed by atoms with van der Waals surface area (Å²) in [5.41, 5.74) is 1.15. The SMILES string of the molecule is COc1cc(C(=O)CCC(O)(c2cc(C(C)(C)N)cc(-c3ccc(F)c(Cl)c3)n2)C(F)(F)F)ccc1OC[C@@H](C)O. The summed E-state index contributed by atoms with van der Waals surface area (Å²) in [5, 5.41) is 20.3. The lowest BCUT2D eigenvalue weighted by molar-refractivity contribution is -0.270. The zero-order valence-electron chi connectivity index (χ0n) is 22.9. The van der Waals surface area contributed by atoms with Crippen molar-refractivity contribution in [1.82, 2.24) is 4.98 Å². The number of carbonyl (C=O) groups is 1. The van der Waals surface area contributed by atoms with Crippen LogP contribution in [0.25, 0.3) is 11.3 Å². The summed E-state index contributed by atoms with van der Waals surface area (Å²) in [6.45, 7) is 4.60. The molecule has 4 N–H and O–H groups in total. The highest BCUT2D eigenvalue weighted by Gasteiger charge is 2.56. The van der Waals surface area contributed by atoms with E-state index in [-0.39, 0.29) is 45.5 Å². The van der Waals surface area contributed by atoms with Crippen LogP contribution in [0, 0.1) is 5.82 Å². The van der Waals surface area contributed by atoms with Gasteiger partial charge in [-0.25, -0.2) is 9.37 Å². The lowest BCUT2D eigenvalue weighted by Gasteiger charge is -2.32. The first-order valence-corrected chi connectivity index (χ1v) is 12.9. The van der Waals surface area contributed by atoms with E-state index >= 15 is 0 Å². The average Bonchev–Trinajstić information content (AvgIpc) is 2.90. The van der Waals surface area contributed by atoms with Crippen molar-refractivity contribution < 1.29 is 42.0 Å². The monoisotopic (exact) mass is 598 g/mol. The fourth-order valence-corrected chi connectivity index (χ4v) is 4.12. The van der Waals surface area contributed by atoms with Gasteiger partial charge in [0.05, 0.1) is 29.6 Å². The van der Waals surface area contributed by atoms with Gasteiger partial charge < -0.3 is 25.4 Å². The molecule has 0 spiro atoms. The second-order valence-electron chi connectivity index (χ2n) is 10.3. The molecule has 0 aliphatic heterocycles. The summed E-state index contributed by atoms with van der Waals surface area (Å²) < 4.78 is 67.8. The number of ether oxygens (including phenoxy) is 2. The van der Waals surface area contributed by atoms with Crippen molar-refractivity contribution in [2.45, 2.75) is 57.0 Å². The number of methoxy groups -OCH3 is 1. The van der Waals surface area contributed by atoms with Crippen LogP contribution < -0.4 is 15.2 Å². The predicted octanol–water partition coefficient (Wildman–Crippen LogP) is 5.92. The average molecular weight is 599 g/mol. The number of hydrogen-bond donors (Lipinski definition) is 3. The van der Waals surface area contributed by atoms with Gasteiger partial charge in [-0.1, -0.05) is 11.6 Å². The molecule has 0 fully saturated rings. The van der Waals surface area contributed by atoms with Crippen LogP contribution in [0.3, 0.4) is 0 Å². The second-order valence-corrected chi connectivity index (χ2v) is 10.7. The molecule has 0 radical (unpaired) electrons. The number of carbonyl (C=O) groups excluding carboxylic acids is 1. The van der Waals surface area contributed by atoms with E-state index < -0.39 is 53.6 Å². The molecule has 0 bridgehead atoms. The van der Waals surface area contributed by atoms with E-state index in [0.717, 1.165) is 12.1 Å². The lowest BCUT2D eigenvalue weighted by Crippen LogP contribution is -2.44. The molecular weight excluding hydrogens is 568 g/mol. The normalized spacial score (nSPS) is 14.3. The molecule has 0 saturated carbocycles. The van der Waals surface area contributed by atoms with Gasteiger partial charge in [-0.2, -0.15) is 13.2 Å². The maximum Gasteiger partial charge on any atom is 0.422 e. The Morgan fingerprint density at radius 3 is 2.34 bits per heavy atom. The Hall–Kier alpha value is -3.25. The number of benzene rings is 2. The molecule has 3 rings (SSSR count). The van der Waals surface area contributed by atoms with Crippen LogP contribution in [-0.2, 0) is 11.1 Å². The molecule has 41 heavy (non-hydrogen) atoms. The minimum atomic E-state index is -5.23. The van der Waals surface area contributed by atoms with Gasteiger partial charge in [0.2, 0.25) is 5.60 Å². The van der Waals surface area contributed by atoms with Crippen molar-refractivity contribution in [3.63, 3.8) is 0 Å². The highest BCUT2D eigenvalue weighted by Crippen LogP contribution is 2.44. The first-order chi connectivity index (χ1) is 19.0. The van der Waals surface area contributed by atoms with E-state index in [1.54, 1.807) is 13.8 Å². The first kappa shape index (κ1) is 32.3. The molecule has 3 aromatic rings. The van der Waals surface area contributed by atoms with Gasteiger partial charge >= 0.3 is 6.18 Å². The van der Waals surface area contributed by atoms with Crippen molar-refractivity contribution in [2.24, 2.45) is 5.73 Å². The Balaban J connectivity index is 2.00. The van der Waals surface area contributed by atoms with Crippen molar-refractivity contribution in [3.05, 3.63) is 76.2 Å². The van der Waals surface area contributed by atoms with Crippen molar-refractivity contribution in [2.75, 3.05) is 13.7 Å². The van der Waals surface area contributed by atoms with Crippen LogP contribution in [0.2, 0.25) is 5.02 Å². The molecule has 0 amide bonds. The molecule has 1 unspecified atom stereocenters.